The molecule has 1 atom stereocenters. The molecule has 14 heavy (non-hydrogen) atoms. The third kappa shape index (κ3) is 9.52. The molecule has 1 unspecified atom stereocenters. The van der Waals surface area contributed by atoms with E-state index in [1.54, 1.807) is 0 Å². The molecular formula is C11H24N2O. The van der Waals surface area contributed by atoms with Gasteiger partial charge in [-0.3, -0.25) is 4.79 Å². The van der Waals surface area contributed by atoms with Crippen molar-refractivity contribution in [2.75, 3.05) is 6.54 Å². The van der Waals surface area contributed by atoms with Gasteiger partial charge in [-0.1, -0.05) is 39.0 Å². The fourth-order valence-electron chi connectivity index (χ4n) is 1.43. The van der Waals surface area contributed by atoms with E-state index < -0.39 is 0 Å². The van der Waals surface area contributed by atoms with E-state index in [-0.39, 0.29) is 5.91 Å². The van der Waals surface area contributed by atoms with Gasteiger partial charge in [0, 0.05) is 6.04 Å². The number of carbonyl (C=O) groups excluding carboxylic acids is 1. The molecule has 0 spiro atoms. The zero-order chi connectivity index (χ0) is 10.8. The van der Waals surface area contributed by atoms with Crippen LogP contribution in [0.5, 0.6) is 0 Å². The maximum Gasteiger partial charge on any atom is 0.231 e. The Morgan fingerprint density at radius 2 is 1.93 bits per heavy atom. The van der Waals surface area contributed by atoms with E-state index in [1.165, 1.54) is 32.1 Å². The van der Waals surface area contributed by atoms with Crippen LogP contribution in [0.3, 0.4) is 0 Å². The Bertz CT molecular complexity index is 148. The number of hydrogen-bond donors (Lipinski definition) is 2. The van der Waals surface area contributed by atoms with Crippen molar-refractivity contribution >= 4 is 5.91 Å². The first kappa shape index (κ1) is 13.4. The highest BCUT2D eigenvalue weighted by atomic mass is 16.1. The molecule has 0 radical (unpaired) electrons. The number of nitrogens with one attached hydrogen (secondary N) is 1. The van der Waals surface area contributed by atoms with E-state index in [0.717, 1.165) is 6.42 Å². The van der Waals surface area contributed by atoms with E-state index in [1.807, 2.05) is 0 Å². The molecule has 1 amide bonds. The first-order chi connectivity index (χ1) is 6.66. The van der Waals surface area contributed by atoms with Crippen molar-refractivity contribution in [2.45, 2.75) is 58.4 Å². The summed E-state index contributed by atoms with van der Waals surface area (Å²) in [6, 6.07) is 0.407. The third-order valence-corrected chi connectivity index (χ3v) is 2.37. The van der Waals surface area contributed by atoms with Gasteiger partial charge in [0.15, 0.2) is 0 Å². The smallest absolute Gasteiger partial charge is 0.231 e. The van der Waals surface area contributed by atoms with Crippen LogP contribution in [0, 0.1) is 0 Å². The maximum absolute atomic E-state index is 10.5. The van der Waals surface area contributed by atoms with Gasteiger partial charge < -0.3 is 11.1 Å². The summed E-state index contributed by atoms with van der Waals surface area (Å²) in [6.07, 6.45) is 7.64. The van der Waals surface area contributed by atoms with Crippen LogP contribution in [0.2, 0.25) is 0 Å². The highest BCUT2D eigenvalue weighted by Crippen LogP contribution is 2.06. The van der Waals surface area contributed by atoms with Crippen LogP contribution < -0.4 is 11.1 Å². The van der Waals surface area contributed by atoms with Crippen LogP contribution in [0.4, 0.5) is 0 Å². The van der Waals surface area contributed by atoms with Crippen molar-refractivity contribution in [2.24, 2.45) is 5.73 Å². The molecule has 0 fully saturated rings. The van der Waals surface area contributed by atoms with Gasteiger partial charge >= 0.3 is 0 Å². The fraction of sp³-hybridized carbons (Fsp3) is 0.909. The Labute approximate surface area is 87.4 Å². The van der Waals surface area contributed by atoms with Crippen molar-refractivity contribution in [1.82, 2.24) is 5.32 Å². The topological polar surface area (TPSA) is 55.1 Å². The van der Waals surface area contributed by atoms with Crippen LogP contribution in [-0.2, 0) is 4.79 Å². The quantitative estimate of drug-likeness (QED) is 0.558. The van der Waals surface area contributed by atoms with E-state index in [4.69, 9.17) is 5.73 Å². The lowest BCUT2D eigenvalue weighted by molar-refractivity contribution is -0.117. The maximum atomic E-state index is 10.5. The SMILES string of the molecule is CCCCCCCC(C)NCC(N)=O. The Morgan fingerprint density at radius 1 is 1.29 bits per heavy atom. The molecule has 0 aromatic heterocycles. The summed E-state index contributed by atoms with van der Waals surface area (Å²) >= 11 is 0. The van der Waals surface area contributed by atoms with Gasteiger partial charge in [-0.05, 0) is 13.3 Å². The van der Waals surface area contributed by atoms with Crippen molar-refractivity contribution in [1.29, 1.82) is 0 Å². The zero-order valence-corrected chi connectivity index (χ0v) is 9.51. The summed E-state index contributed by atoms with van der Waals surface area (Å²) in [5.41, 5.74) is 5.03. The predicted molar refractivity (Wildman–Crippen MR) is 60.0 cm³/mol. The van der Waals surface area contributed by atoms with Crippen LogP contribution in [-0.4, -0.2) is 18.5 Å². The lowest BCUT2D eigenvalue weighted by Crippen LogP contribution is -2.34. The molecule has 0 heterocycles. The number of unbranched alkanes of at least 4 members (excludes halogenated alkanes) is 4. The molecule has 0 aromatic rings. The minimum absolute atomic E-state index is 0.275. The number of carbonyl (C=O) groups is 1. The highest BCUT2D eigenvalue weighted by molar-refractivity contribution is 5.75. The normalized spacial score (nSPS) is 12.7. The Hall–Kier alpha value is -0.570. The molecule has 0 aliphatic carbocycles. The van der Waals surface area contributed by atoms with Gasteiger partial charge in [0.05, 0.1) is 6.54 Å². The summed E-state index contributed by atoms with van der Waals surface area (Å²) in [5.74, 6) is -0.275. The summed E-state index contributed by atoms with van der Waals surface area (Å²) < 4.78 is 0. The Balaban J connectivity index is 3.18. The Kier molecular flexibility index (Phi) is 8.64. The van der Waals surface area contributed by atoms with Gasteiger partial charge in [0.2, 0.25) is 5.91 Å². The van der Waals surface area contributed by atoms with Gasteiger partial charge in [-0.2, -0.15) is 0 Å². The monoisotopic (exact) mass is 200 g/mol. The largest absolute Gasteiger partial charge is 0.369 e. The molecule has 0 saturated carbocycles. The minimum Gasteiger partial charge on any atom is -0.369 e. The van der Waals surface area contributed by atoms with Gasteiger partial charge in [0.25, 0.3) is 0 Å². The van der Waals surface area contributed by atoms with Crippen LogP contribution >= 0.6 is 0 Å². The molecule has 0 aromatic carbocycles. The number of primary amides is 1. The zero-order valence-electron chi connectivity index (χ0n) is 9.51. The molecule has 0 aliphatic rings. The molecule has 3 N–H and O–H groups in total. The summed E-state index contributed by atoms with van der Waals surface area (Å²) in [7, 11) is 0. The van der Waals surface area contributed by atoms with E-state index >= 15 is 0 Å². The van der Waals surface area contributed by atoms with Crippen LogP contribution in [0.15, 0.2) is 0 Å². The first-order valence-electron chi connectivity index (χ1n) is 5.68. The molecule has 0 rings (SSSR count). The standard InChI is InChI=1S/C11H24N2O/c1-3-4-5-6-7-8-10(2)13-9-11(12)14/h10,13H,3-9H2,1-2H3,(H2,12,14). The predicted octanol–water partition coefficient (Wildman–Crippen LogP) is 1.81. The number of nitrogens with two attached hydrogens (primary N) is 1. The van der Waals surface area contributed by atoms with Crippen molar-refractivity contribution in [3.63, 3.8) is 0 Å². The van der Waals surface area contributed by atoms with Crippen molar-refractivity contribution < 1.29 is 4.79 Å². The lowest BCUT2D eigenvalue weighted by Gasteiger charge is -2.11. The second kappa shape index (κ2) is 9.00. The number of hydrogen-bond acceptors (Lipinski definition) is 2. The fourth-order valence-corrected chi connectivity index (χ4v) is 1.43. The minimum atomic E-state index is -0.275. The Morgan fingerprint density at radius 3 is 2.50 bits per heavy atom. The molecule has 84 valence electrons. The highest BCUT2D eigenvalue weighted by Gasteiger charge is 2.01. The van der Waals surface area contributed by atoms with E-state index in [9.17, 15) is 4.79 Å². The third-order valence-electron chi connectivity index (χ3n) is 2.37. The summed E-state index contributed by atoms with van der Waals surface area (Å²) in [6.45, 7) is 4.62. The van der Waals surface area contributed by atoms with Crippen LogP contribution in [0.25, 0.3) is 0 Å². The number of rotatable bonds is 9. The van der Waals surface area contributed by atoms with Crippen LogP contribution in [0.1, 0.15) is 52.4 Å². The average Bonchev–Trinajstić information content (AvgIpc) is 2.14. The molecule has 3 nitrogen and oxygen atoms in total. The molecular weight excluding hydrogens is 176 g/mol. The molecule has 0 saturated heterocycles. The van der Waals surface area contributed by atoms with Gasteiger partial charge in [0.1, 0.15) is 0 Å². The van der Waals surface area contributed by atoms with Gasteiger partial charge in [-0.25, -0.2) is 0 Å². The van der Waals surface area contributed by atoms with Gasteiger partial charge in [-0.15, -0.1) is 0 Å². The number of amides is 1. The summed E-state index contributed by atoms with van der Waals surface area (Å²) in [4.78, 5) is 10.5. The second-order valence-corrected chi connectivity index (χ2v) is 3.95. The second-order valence-electron chi connectivity index (χ2n) is 3.95. The van der Waals surface area contributed by atoms with Crippen molar-refractivity contribution in [3.05, 3.63) is 0 Å². The molecule has 3 heteroatoms. The average molecular weight is 200 g/mol. The van der Waals surface area contributed by atoms with E-state index in [0.29, 0.717) is 12.6 Å². The van der Waals surface area contributed by atoms with Crippen molar-refractivity contribution in [3.8, 4) is 0 Å². The molecule has 0 bridgehead atoms. The lowest BCUT2D eigenvalue weighted by atomic mass is 10.1. The summed E-state index contributed by atoms with van der Waals surface area (Å²) in [5, 5.41) is 3.10. The van der Waals surface area contributed by atoms with E-state index in [2.05, 4.69) is 19.2 Å². The first-order valence-corrected chi connectivity index (χ1v) is 5.68. The molecule has 0 aliphatic heterocycles.